The number of hydrogen-bond donors (Lipinski definition) is 1. The zero-order valence-corrected chi connectivity index (χ0v) is 9.85. The highest BCUT2D eigenvalue weighted by Gasteiger charge is 2.45. The lowest BCUT2D eigenvalue weighted by atomic mass is 9.90. The van der Waals surface area contributed by atoms with Crippen LogP contribution in [0, 0.1) is 12.7 Å². The van der Waals surface area contributed by atoms with Gasteiger partial charge in [0, 0.05) is 11.0 Å². The second-order valence-electron chi connectivity index (χ2n) is 4.62. The van der Waals surface area contributed by atoms with Crippen LogP contribution in [0.3, 0.4) is 0 Å². The molecular formula is C13H18FNO. The first-order chi connectivity index (χ1) is 7.63. The summed E-state index contributed by atoms with van der Waals surface area (Å²) in [6.45, 7) is 2.39. The summed E-state index contributed by atoms with van der Waals surface area (Å²) in [6, 6.07) is 3.40. The minimum absolute atomic E-state index is 0.0780. The Hall–Kier alpha value is -1.09. The third-order valence-electron chi connectivity index (χ3n) is 3.53. The Morgan fingerprint density at radius 2 is 2.12 bits per heavy atom. The summed E-state index contributed by atoms with van der Waals surface area (Å²) in [6.07, 6.45) is 3.08. The molecule has 0 aromatic heterocycles. The molecule has 0 radical (unpaired) electrons. The molecule has 16 heavy (non-hydrogen) atoms. The van der Waals surface area contributed by atoms with E-state index < -0.39 is 0 Å². The fourth-order valence-corrected chi connectivity index (χ4v) is 2.32. The summed E-state index contributed by atoms with van der Waals surface area (Å²) in [5, 5.41) is 0. The molecule has 3 heteroatoms. The first-order valence-corrected chi connectivity index (χ1v) is 5.67. The molecule has 1 aromatic rings. The van der Waals surface area contributed by atoms with Crippen LogP contribution in [-0.4, -0.2) is 13.7 Å². The number of ether oxygens (including phenoxy) is 1. The molecule has 1 aliphatic rings. The Morgan fingerprint density at radius 3 is 2.62 bits per heavy atom. The highest BCUT2D eigenvalue weighted by Crippen LogP contribution is 2.53. The Balaban J connectivity index is 2.43. The maximum atomic E-state index is 13.6. The maximum absolute atomic E-state index is 13.6. The summed E-state index contributed by atoms with van der Waals surface area (Å²) in [7, 11) is 1.63. The predicted octanol–water partition coefficient (Wildman–Crippen LogP) is 2.52. The minimum atomic E-state index is -0.154. The molecule has 0 aliphatic heterocycles. The van der Waals surface area contributed by atoms with Crippen LogP contribution in [0.2, 0.25) is 0 Å². The summed E-state index contributed by atoms with van der Waals surface area (Å²) in [4.78, 5) is 0. The van der Waals surface area contributed by atoms with E-state index in [0.717, 1.165) is 30.6 Å². The van der Waals surface area contributed by atoms with Crippen molar-refractivity contribution in [2.45, 2.75) is 31.6 Å². The predicted molar refractivity (Wildman–Crippen MR) is 62.3 cm³/mol. The molecule has 0 heterocycles. The van der Waals surface area contributed by atoms with Crippen molar-refractivity contribution in [1.82, 2.24) is 0 Å². The third kappa shape index (κ3) is 1.80. The van der Waals surface area contributed by atoms with Crippen LogP contribution in [0.4, 0.5) is 4.39 Å². The van der Waals surface area contributed by atoms with Gasteiger partial charge in [-0.3, -0.25) is 0 Å². The van der Waals surface area contributed by atoms with Crippen LogP contribution < -0.4 is 10.5 Å². The van der Waals surface area contributed by atoms with Crippen LogP contribution >= 0.6 is 0 Å². The molecule has 1 saturated carbocycles. The normalized spacial score (nSPS) is 17.2. The van der Waals surface area contributed by atoms with Gasteiger partial charge in [-0.25, -0.2) is 4.39 Å². The minimum Gasteiger partial charge on any atom is -0.496 e. The van der Waals surface area contributed by atoms with Crippen LogP contribution in [0.5, 0.6) is 5.75 Å². The number of nitrogens with two attached hydrogens (primary N) is 1. The van der Waals surface area contributed by atoms with Gasteiger partial charge in [-0.1, -0.05) is 0 Å². The van der Waals surface area contributed by atoms with E-state index in [0.29, 0.717) is 12.1 Å². The van der Waals surface area contributed by atoms with Gasteiger partial charge in [-0.2, -0.15) is 0 Å². The summed E-state index contributed by atoms with van der Waals surface area (Å²) in [5.74, 6) is 0.643. The first-order valence-electron chi connectivity index (χ1n) is 5.67. The maximum Gasteiger partial charge on any atom is 0.126 e. The van der Waals surface area contributed by atoms with Gasteiger partial charge in [0.25, 0.3) is 0 Å². The summed E-state index contributed by atoms with van der Waals surface area (Å²) in [5.41, 5.74) is 7.31. The Labute approximate surface area is 95.6 Å². The molecule has 88 valence electrons. The monoisotopic (exact) mass is 223 g/mol. The van der Waals surface area contributed by atoms with Crippen molar-refractivity contribution in [3.63, 3.8) is 0 Å². The van der Waals surface area contributed by atoms with Crippen molar-refractivity contribution in [3.8, 4) is 5.75 Å². The van der Waals surface area contributed by atoms with E-state index in [-0.39, 0.29) is 11.2 Å². The second kappa shape index (κ2) is 4.06. The average molecular weight is 223 g/mol. The van der Waals surface area contributed by atoms with Gasteiger partial charge in [-0.15, -0.1) is 0 Å². The van der Waals surface area contributed by atoms with E-state index in [1.54, 1.807) is 26.2 Å². The molecular weight excluding hydrogens is 205 g/mol. The SMILES string of the molecule is COc1cc(C)c(F)cc1C1(CCN)CC1. The molecule has 1 aromatic carbocycles. The molecule has 2 nitrogen and oxygen atoms in total. The van der Waals surface area contributed by atoms with Crippen LogP contribution in [0.25, 0.3) is 0 Å². The van der Waals surface area contributed by atoms with E-state index in [1.807, 2.05) is 0 Å². The molecule has 0 bridgehead atoms. The van der Waals surface area contributed by atoms with Gasteiger partial charge < -0.3 is 10.5 Å². The fourth-order valence-electron chi connectivity index (χ4n) is 2.32. The summed E-state index contributed by atoms with van der Waals surface area (Å²) >= 11 is 0. The lowest BCUT2D eigenvalue weighted by Crippen LogP contribution is -2.15. The van der Waals surface area contributed by atoms with Crippen molar-refractivity contribution in [2.24, 2.45) is 5.73 Å². The van der Waals surface area contributed by atoms with Crippen molar-refractivity contribution in [1.29, 1.82) is 0 Å². The van der Waals surface area contributed by atoms with E-state index in [1.165, 1.54) is 0 Å². The molecule has 0 unspecified atom stereocenters. The van der Waals surface area contributed by atoms with Gasteiger partial charge >= 0.3 is 0 Å². The molecule has 0 atom stereocenters. The van der Waals surface area contributed by atoms with Gasteiger partial charge in [0.15, 0.2) is 0 Å². The molecule has 2 N–H and O–H groups in total. The number of rotatable bonds is 4. The number of benzene rings is 1. The van der Waals surface area contributed by atoms with E-state index in [9.17, 15) is 4.39 Å². The zero-order chi connectivity index (χ0) is 11.8. The van der Waals surface area contributed by atoms with Crippen LogP contribution in [0.15, 0.2) is 12.1 Å². The smallest absolute Gasteiger partial charge is 0.126 e. The summed E-state index contributed by atoms with van der Waals surface area (Å²) < 4.78 is 19.0. The zero-order valence-electron chi connectivity index (χ0n) is 9.85. The Kier molecular flexibility index (Phi) is 2.89. The molecule has 0 amide bonds. The standard InChI is InChI=1S/C13H18FNO/c1-9-7-12(16-2)10(8-11(9)14)13(3-4-13)5-6-15/h7-8H,3-6,15H2,1-2H3. The number of hydrogen-bond acceptors (Lipinski definition) is 2. The number of aryl methyl sites for hydroxylation is 1. The molecule has 1 fully saturated rings. The van der Waals surface area contributed by atoms with Gasteiger partial charge in [-0.05, 0) is 50.4 Å². The Morgan fingerprint density at radius 1 is 1.44 bits per heavy atom. The van der Waals surface area contributed by atoms with Crippen molar-refractivity contribution < 1.29 is 9.13 Å². The lowest BCUT2D eigenvalue weighted by molar-refractivity contribution is 0.400. The molecule has 0 saturated heterocycles. The fraction of sp³-hybridized carbons (Fsp3) is 0.538. The first kappa shape index (κ1) is 11.4. The van der Waals surface area contributed by atoms with Crippen molar-refractivity contribution in [3.05, 3.63) is 29.1 Å². The lowest BCUT2D eigenvalue weighted by Gasteiger charge is -2.19. The third-order valence-corrected chi connectivity index (χ3v) is 3.53. The van der Waals surface area contributed by atoms with E-state index in [2.05, 4.69) is 0 Å². The quantitative estimate of drug-likeness (QED) is 0.851. The average Bonchev–Trinajstić information content (AvgIpc) is 3.03. The highest BCUT2D eigenvalue weighted by molar-refractivity contribution is 5.46. The number of halogens is 1. The van der Waals surface area contributed by atoms with Gasteiger partial charge in [0.2, 0.25) is 0 Å². The molecule has 0 spiro atoms. The topological polar surface area (TPSA) is 35.2 Å². The largest absolute Gasteiger partial charge is 0.496 e. The highest BCUT2D eigenvalue weighted by atomic mass is 19.1. The van der Waals surface area contributed by atoms with Crippen molar-refractivity contribution >= 4 is 0 Å². The van der Waals surface area contributed by atoms with Crippen molar-refractivity contribution in [2.75, 3.05) is 13.7 Å². The molecule has 2 rings (SSSR count). The van der Waals surface area contributed by atoms with E-state index >= 15 is 0 Å². The van der Waals surface area contributed by atoms with Crippen LogP contribution in [0.1, 0.15) is 30.4 Å². The van der Waals surface area contributed by atoms with E-state index in [4.69, 9.17) is 10.5 Å². The van der Waals surface area contributed by atoms with Crippen LogP contribution in [-0.2, 0) is 5.41 Å². The Bertz CT molecular complexity index is 399. The van der Waals surface area contributed by atoms with Gasteiger partial charge in [0.1, 0.15) is 11.6 Å². The molecule has 1 aliphatic carbocycles. The second-order valence-corrected chi connectivity index (χ2v) is 4.62. The van der Waals surface area contributed by atoms with Gasteiger partial charge in [0.05, 0.1) is 7.11 Å². The number of methoxy groups -OCH3 is 1.